The van der Waals surface area contributed by atoms with Crippen LogP contribution in [0.1, 0.15) is 44.1 Å². The van der Waals surface area contributed by atoms with Crippen molar-refractivity contribution in [3.8, 4) is 0 Å². The van der Waals surface area contributed by atoms with Gasteiger partial charge in [-0.05, 0) is 19.3 Å². The molecule has 0 aliphatic heterocycles. The van der Waals surface area contributed by atoms with Crippen LogP contribution in [-0.4, -0.2) is 27.1 Å². The molecule has 17 heavy (non-hydrogen) atoms. The van der Waals surface area contributed by atoms with Crippen molar-refractivity contribution in [2.45, 2.75) is 39.7 Å². The molecule has 2 unspecified atom stereocenters. The molecule has 0 fully saturated rings. The molecule has 0 aromatic carbocycles. The molecule has 0 bridgehead atoms. The van der Waals surface area contributed by atoms with Crippen LogP contribution < -0.4 is 5.32 Å². The van der Waals surface area contributed by atoms with Gasteiger partial charge in [0.25, 0.3) is 0 Å². The number of carboxylic acid groups (broad SMARTS) is 1. The molecule has 1 aromatic heterocycles. The molecule has 1 heterocycles. The van der Waals surface area contributed by atoms with E-state index in [0.717, 1.165) is 12.8 Å². The minimum atomic E-state index is -1.06. The van der Waals surface area contributed by atoms with E-state index in [9.17, 15) is 4.79 Å². The lowest BCUT2D eigenvalue weighted by molar-refractivity contribution is 0.0690. The highest BCUT2D eigenvalue weighted by Crippen LogP contribution is 2.13. The number of hydrogen-bond donors (Lipinski definition) is 2. The Labute approximate surface area is 101 Å². The second-order valence-electron chi connectivity index (χ2n) is 4.39. The van der Waals surface area contributed by atoms with Gasteiger partial charge in [-0.2, -0.15) is 0 Å². The summed E-state index contributed by atoms with van der Waals surface area (Å²) in [6.07, 6.45) is 4.94. The summed E-state index contributed by atoms with van der Waals surface area (Å²) in [4.78, 5) is 18.6. The van der Waals surface area contributed by atoms with Gasteiger partial charge in [-0.1, -0.05) is 20.3 Å². The molecule has 1 rings (SSSR count). The lowest BCUT2D eigenvalue weighted by Crippen LogP contribution is -2.19. The van der Waals surface area contributed by atoms with Gasteiger partial charge >= 0.3 is 5.97 Å². The summed E-state index contributed by atoms with van der Waals surface area (Å²) >= 11 is 0. The molecular formula is C12H19N3O2. The first-order chi connectivity index (χ1) is 8.02. The lowest BCUT2D eigenvalue weighted by atomic mass is 10.0. The summed E-state index contributed by atoms with van der Waals surface area (Å²) in [5, 5.41) is 12.0. The highest BCUT2D eigenvalue weighted by Gasteiger charge is 2.10. The van der Waals surface area contributed by atoms with Crippen LogP contribution >= 0.6 is 0 Å². The Kier molecular flexibility index (Phi) is 4.87. The average molecular weight is 237 g/mol. The van der Waals surface area contributed by atoms with Crippen LogP contribution in [0.3, 0.4) is 0 Å². The van der Waals surface area contributed by atoms with Crippen LogP contribution in [-0.2, 0) is 0 Å². The lowest BCUT2D eigenvalue weighted by Gasteiger charge is -2.17. The summed E-state index contributed by atoms with van der Waals surface area (Å²) in [6.45, 7) is 6.40. The molecule has 0 aliphatic rings. The molecular weight excluding hydrogens is 218 g/mol. The third kappa shape index (κ3) is 4.38. The van der Waals surface area contributed by atoms with E-state index >= 15 is 0 Å². The van der Waals surface area contributed by atoms with Gasteiger partial charge in [0.05, 0.1) is 12.4 Å². The van der Waals surface area contributed by atoms with Crippen molar-refractivity contribution in [2.75, 3.05) is 5.32 Å². The Balaban J connectivity index is 2.62. The Hall–Kier alpha value is -1.65. The smallest absolute Gasteiger partial charge is 0.356 e. The SMILES string of the molecule is CCC(C)CC(C)Nc1cncc(C(=O)O)n1. The number of carboxylic acids is 1. The molecule has 5 nitrogen and oxygen atoms in total. The minimum Gasteiger partial charge on any atom is -0.476 e. The summed E-state index contributed by atoms with van der Waals surface area (Å²) in [7, 11) is 0. The predicted molar refractivity (Wildman–Crippen MR) is 66.1 cm³/mol. The van der Waals surface area contributed by atoms with E-state index in [1.54, 1.807) is 6.20 Å². The molecule has 0 aliphatic carbocycles. The van der Waals surface area contributed by atoms with E-state index in [-0.39, 0.29) is 11.7 Å². The first-order valence-corrected chi connectivity index (χ1v) is 5.84. The maximum Gasteiger partial charge on any atom is 0.356 e. The zero-order valence-electron chi connectivity index (χ0n) is 10.5. The van der Waals surface area contributed by atoms with Gasteiger partial charge < -0.3 is 10.4 Å². The van der Waals surface area contributed by atoms with Gasteiger partial charge in [0.2, 0.25) is 0 Å². The molecule has 94 valence electrons. The Morgan fingerprint density at radius 2 is 2.18 bits per heavy atom. The third-order valence-electron chi connectivity index (χ3n) is 2.70. The van der Waals surface area contributed by atoms with E-state index in [1.165, 1.54) is 6.20 Å². The first kappa shape index (κ1) is 13.4. The van der Waals surface area contributed by atoms with Crippen molar-refractivity contribution in [1.82, 2.24) is 9.97 Å². The molecule has 0 saturated carbocycles. The molecule has 0 spiro atoms. The number of aromatic nitrogens is 2. The predicted octanol–water partition coefficient (Wildman–Crippen LogP) is 2.41. The standard InChI is InChI=1S/C12H19N3O2/c1-4-8(2)5-9(3)14-11-7-13-6-10(15-11)12(16)17/h6-9H,4-5H2,1-3H3,(H,14,15)(H,16,17). The Bertz CT molecular complexity index is 382. The van der Waals surface area contributed by atoms with Gasteiger partial charge in [-0.3, -0.25) is 4.98 Å². The molecule has 0 saturated heterocycles. The van der Waals surface area contributed by atoms with Crippen molar-refractivity contribution in [1.29, 1.82) is 0 Å². The highest BCUT2D eigenvalue weighted by molar-refractivity contribution is 5.85. The Morgan fingerprint density at radius 1 is 1.47 bits per heavy atom. The first-order valence-electron chi connectivity index (χ1n) is 5.84. The maximum atomic E-state index is 10.7. The van der Waals surface area contributed by atoms with Crippen LogP contribution in [0.15, 0.2) is 12.4 Å². The fraction of sp³-hybridized carbons (Fsp3) is 0.583. The monoisotopic (exact) mass is 237 g/mol. The molecule has 0 amide bonds. The van der Waals surface area contributed by atoms with Crippen molar-refractivity contribution >= 4 is 11.8 Å². The number of nitrogens with one attached hydrogen (secondary N) is 1. The van der Waals surface area contributed by atoms with Crippen LogP contribution in [0.5, 0.6) is 0 Å². The van der Waals surface area contributed by atoms with Crippen molar-refractivity contribution < 1.29 is 9.90 Å². The maximum absolute atomic E-state index is 10.7. The van der Waals surface area contributed by atoms with E-state index in [2.05, 4.69) is 36.1 Å². The molecule has 2 N–H and O–H groups in total. The van der Waals surface area contributed by atoms with E-state index in [1.807, 2.05) is 0 Å². The second kappa shape index (κ2) is 6.18. The van der Waals surface area contributed by atoms with E-state index in [0.29, 0.717) is 11.7 Å². The summed E-state index contributed by atoms with van der Waals surface area (Å²) in [5.41, 5.74) is -0.0364. The minimum absolute atomic E-state index is 0.0364. The van der Waals surface area contributed by atoms with Gasteiger partial charge in [0, 0.05) is 6.04 Å². The quantitative estimate of drug-likeness (QED) is 0.794. The number of anilines is 1. The summed E-state index contributed by atoms with van der Waals surface area (Å²) < 4.78 is 0. The third-order valence-corrected chi connectivity index (χ3v) is 2.70. The fourth-order valence-electron chi connectivity index (χ4n) is 1.62. The zero-order chi connectivity index (χ0) is 12.8. The number of aromatic carboxylic acids is 1. The van der Waals surface area contributed by atoms with E-state index in [4.69, 9.17) is 5.11 Å². The van der Waals surface area contributed by atoms with Crippen molar-refractivity contribution in [3.63, 3.8) is 0 Å². The van der Waals surface area contributed by atoms with Crippen molar-refractivity contribution in [3.05, 3.63) is 18.1 Å². The van der Waals surface area contributed by atoms with Gasteiger partial charge in [-0.25, -0.2) is 9.78 Å². The number of nitrogens with zero attached hydrogens (tertiary/aromatic N) is 2. The van der Waals surface area contributed by atoms with Crippen LogP contribution in [0.25, 0.3) is 0 Å². The topological polar surface area (TPSA) is 75.1 Å². The van der Waals surface area contributed by atoms with Crippen LogP contribution in [0.4, 0.5) is 5.82 Å². The average Bonchev–Trinajstić information content (AvgIpc) is 2.28. The second-order valence-corrected chi connectivity index (χ2v) is 4.39. The van der Waals surface area contributed by atoms with Crippen LogP contribution in [0, 0.1) is 5.92 Å². The zero-order valence-corrected chi connectivity index (χ0v) is 10.5. The fourth-order valence-corrected chi connectivity index (χ4v) is 1.62. The largest absolute Gasteiger partial charge is 0.476 e. The number of carbonyl (C=O) groups is 1. The molecule has 0 radical (unpaired) electrons. The summed E-state index contributed by atoms with van der Waals surface area (Å²) in [6, 6.07) is 0.253. The number of rotatable bonds is 6. The number of hydrogen-bond acceptors (Lipinski definition) is 4. The van der Waals surface area contributed by atoms with Crippen molar-refractivity contribution in [2.24, 2.45) is 5.92 Å². The van der Waals surface area contributed by atoms with Gasteiger partial charge in [-0.15, -0.1) is 0 Å². The molecule has 2 atom stereocenters. The molecule has 5 heteroatoms. The van der Waals surface area contributed by atoms with E-state index < -0.39 is 5.97 Å². The normalized spacial score (nSPS) is 14.1. The summed E-state index contributed by atoms with van der Waals surface area (Å²) in [5.74, 6) is 0.0875. The van der Waals surface area contributed by atoms with Gasteiger partial charge in [0.1, 0.15) is 5.82 Å². The Morgan fingerprint density at radius 3 is 2.76 bits per heavy atom. The van der Waals surface area contributed by atoms with Crippen LogP contribution in [0.2, 0.25) is 0 Å². The van der Waals surface area contributed by atoms with Gasteiger partial charge in [0.15, 0.2) is 5.69 Å². The highest BCUT2D eigenvalue weighted by atomic mass is 16.4. The molecule has 1 aromatic rings.